The van der Waals surface area contributed by atoms with Gasteiger partial charge in [-0.3, -0.25) is 4.79 Å². The van der Waals surface area contributed by atoms with Crippen molar-refractivity contribution in [2.45, 2.75) is 57.9 Å². The summed E-state index contributed by atoms with van der Waals surface area (Å²) in [7, 11) is 0. The zero-order chi connectivity index (χ0) is 22.3. The van der Waals surface area contributed by atoms with Gasteiger partial charge in [0.25, 0.3) is 0 Å². The van der Waals surface area contributed by atoms with Gasteiger partial charge in [0.05, 0.1) is 17.8 Å². The second-order valence-electron chi connectivity index (χ2n) is 8.68. The smallest absolute Gasteiger partial charge is 0.234 e. The number of carbonyl (C=O) groups is 1. The summed E-state index contributed by atoms with van der Waals surface area (Å²) in [6.07, 6.45) is -0.250. The van der Waals surface area contributed by atoms with Gasteiger partial charge in [-0.2, -0.15) is 0 Å². The number of nitrogens with one attached hydrogen (secondary N) is 1. The number of amidine groups is 1. The number of β-amino-alcohol motifs (C(OH)–C–C–N with tert-alkyl or cyclic N) is 1. The van der Waals surface area contributed by atoms with Gasteiger partial charge < -0.3 is 14.5 Å². The molecule has 1 saturated heterocycles. The Balaban J connectivity index is 1.62. The molecule has 4 atom stereocenters. The first kappa shape index (κ1) is 22.0. The molecule has 8 nitrogen and oxygen atoms in total. The van der Waals surface area contributed by atoms with Gasteiger partial charge in [0.2, 0.25) is 11.6 Å². The summed E-state index contributed by atoms with van der Waals surface area (Å²) in [6, 6.07) is 9.11. The van der Waals surface area contributed by atoms with E-state index in [4.69, 9.17) is 14.4 Å². The molecule has 0 radical (unpaired) electrons. The molecule has 0 aliphatic carbocycles. The molecule has 2 aliphatic heterocycles. The summed E-state index contributed by atoms with van der Waals surface area (Å²) >= 11 is 3.44. The van der Waals surface area contributed by atoms with Crippen molar-refractivity contribution < 1.29 is 19.3 Å². The zero-order valence-corrected chi connectivity index (χ0v) is 19.6. The number of nitrogens with zero attached hydrogens (tertiary/aromatic N) is 3. The minimum absolute atomic E-state index is 0.000926. The van der Waals surface area contributed by atoms with Crippen LogP contribution in [-0.4, -0.2) is 45.6 Å². The lowest BCUT2D eigenvalue weighted by molar-refractivity contribution is -0.134. The SMILES string of the molecule is Cc1cc([C@H](C(=O)N2C[C@H](O)C[C@H]2C2=NC(C)(c3ccc(Br)cc3)ON2)C(C)C)on1. The third-order valence-electron chi connectivity index (χ3n) is 5.83. The number of halogens is 1. The van der Waals surface area contributed by atoms with Crippen molar-refractivity contribution in [2.24, 2.45) is 10.9 Å². The Kier molecular flexibility index (Phi) is 5.93. The molecule has 2 aliphatic rings. The molecule has 1 amide bonds. The molecule has 0 bridgehead atoms. The van der Waals surface area contributed by atoms with Crippen molar-refractivity contribution in [1.29, 1.82) is 0 Å². The summed E-state index contributed by atoms with van der Waals surface area (Å²) in [5, 5.41) is 14.3. The molecule has 0 saturated carbocycles. The van der Waals surface area contributed by atoms with Crippen LogP contribution in [0.15, 0.2) is 44.3 Å². The van der Waals surface area contributed by atoms with E-state index in [0.717, 1.165) is 15.7 Å². The second kappa shape index (κ2) is 8.37. The molecule has 31 heavy (non-hydrogen) atoms. The van der Waals surface area contributed by atoms with Crippen LogP contribution in [0.2, 0.25) is 0 Å². The molecule has 1 aromatic heterocycles. The highest BCUT2D eigenvalue weighted by atomic mass is 79.9. The van der Waals surface area contributed by atoms with E-state index in [2.05, 4.69) is 26.6 Å². The lowest BCUT2D eigenvalue weighted by Crippen LogP contribution is -2.46. The fourth-order valence-electron chi connectivity index (χ4n) is 4.21. The maximum Gasteiger partial charge on any atom is 0.234 e. The van der Waals surface area contributed by atoms with E-state index in [1.165, 1.54) is 0 Å². The molecular formula is C22H27BrN4O4. The first-order valence-corrected chi connectivity index (χ1v) is 11.2. The number of rotatable bonds is 5. The number of aliphatic imine (C=N–C) groups is 1. The van der Waals surface area contributed by atoms with E-state index in [9.17, 15) is 9.90 Å². The normalized spacial score (nSPS) is 26.8. The molecule has 4 rings (SSSR count). The Morgan fingerprint density at radius 1 is 1.35 bits per heavy atom. The Morgan fingerprint density at radius 2 is 2.06 bits per heavy atom. The molecule has 2 N–H and O–H groups in total. The minimum Gasteiger partial charge on any atom is -0.391 e. The van der Waals surface area contributed by atoms with Crippen molar-refractivity contribution in [3.8, 4) is 0 Å². The average molecular weight is 491 g/mol. The highest BCUT2D eigenvalue weighted by Crippen LogP contribution is 2.35. The highest BCUT2D eigenvalue weighted by Gasteiger charge is 2.45. The molecule has 166 valence electrons. The number of aliphatic hydroxyl groups excluding tert-OH is 1. The number of aryl methyl sites for hydroxylation is 1. The van der Waals surface area contributed by atoms with E-state index in [1.54, 1.807) is 11.0 Å². The third-order valence-corrected chi connectivity index (χ3v) is 6.36. The fraction of sp³-hybridized carbons (Fsp3) is 0.500. The summed E-state index contributed by atoms with van der Waals surface area (Å²) in [5.41, 5.74) is 3.61. The van der Waals surface area contributed by atoms with Crippen LogP contribution in [0, 0.1) is 12.8 Å². The van der Waals surface area contributed by atoms with Crippen LogP contribution in [0.5, 0.6) is 0 Å². The summed E-state index contributed by atoms with van der Waals surface area (Å²) in [5.74, 6) is 0.465. The van der Waals surface area contributed by atoms with E-state index in [-0.39, 0.29) is 18.4 Å². The molecule has 0 spiro atoms. The predicted molar refractivity (Wildman–Crippen MR) is 118 cm³/mol. The first-order valence-electron chi connectivity index (χ1n) is 10.4. The summed E-state index contributed by atoms with van der Waals surface area (Å²) < 4.78 is 6.39. The van der Waals surface area contributed by atoms with Gasteiger partial charge in [-0.05, 0) is 31.9 Å². The molecule has 1 fully saturated rings. The largest absolute Gasteiger partial charge is 0.391 e. The Bertz CT molecular complexity index is 990. The zero-order valence-electron chi connectivity index (χ0n) is 18.0. The fourth-order valence-corrected chi connectivity index (χ4v) is 4.48. The third kappa shape index (κ3) is 4.26. The maximum atomic E-state index is 13.6. The number of likely N-dealkylation sites (tertiary alicyclic amines) is 1. The molecule has 1 unspecified atom stereocenters. The lowest BCUT2D eigenvalue weighted by Gasteiger charge is -2.29. The quantitative estimate of drug-likeness (QED) is 0.666. The number of aliphatic hydroxyl groups is 1. The van der Waals surface area contributed by atoms with Gasteiger partial charge >= 0.3 is 0 Å². The first-order chi connectivity index (χ1) is 14.7. The van der Waals surface area contributed by atoms with Crippen LogP contribution in [0.1, 0.15) is 50.1 Å². The number of hydrogen-bond acceptors (Lipinski definition) is 7. The number of aromatic nitrogens is 1. The van der Waals surface area contributed by atoms with Gasteiger partial charge in [-0.15, -0.1) is 0 Å². The Labute approximate surface area is 189 Å². The van der Waals surface area contributed by atoms with Crippen molar-refractivity contribution in [2.75, 3.05) is 6.54 Å². The number of benzene rings is 1. The van der Waals surface area contributed by atoms with Gasteiger partial charge in [-0.1, -0.05) is 47.1 Å². The van der Waals surface area contributed by atoms with Crippen molar-refractivity contribution in [3.63, 3.8) is 0 Å². The lowest BCUT2D eigenvalue weighted by atomic mass is 9.91. The standard InChI is InChI=1S/C22H27BrN4O4/c1-12(2)19(18-9-13(3)25-30-18)21(29)27-11-16(28)10-17(27)20-24-22(4,31-26-20)14-5-7-15(23)8-6-14/h5-9,12,16-17,19,28H,10-11H2,1-4H3,(H,24,26)/t16-,17+,19-,22?/m1/s1. The van der Waals surface area contributed by atoms with Gasteiger partial charge in [-0.25, -0.2) is 15.3 Å². The van der Waals surface area contributed by atoms with Gasteiger partial charge in [0.1, 0.15) is 17.5 Å². The Morgan fingerprint density at radius 3 is 2.68 bits per heavy atom. The molecule has 9 heteroatoms. The summed E-state index contributed by atoms with van der Waals surface area (Å²) in [6.45, 7) is 7.87. The van der Waals surface area contributed by atoms with E-state index >= 15 is 0 Å². The van der Waals surface area contributed by atoms with Crippen molar-refractivity contribution in [1.82, 2.24) is 15.5 Å². The van der Waals surface area contributed by atoms with Crippen LogP contribution in [0.4, 0.5) is 0 Å². The molecular weight excluding hydrogens is 464 g/mol. The van der Waals surface area contributed by atoms with Crippen LogP contribution < -0.4 is 5.48 Å². The number of hydrogen-bond donors (Lipinski definition) is 2. The van der Waals surface area contributed by atoms with Crippen molar-refractivity contribution >= 4 is 27.7 Å². The maximum absolute atomic E-state index is 13.6. The van der Waals surface area contributed by atoms with E-state index in [0.29, 0.717) is 18.0 Å². The topological polar surface area (TPSA) is 100 Å². The van der Waals surface area contributed by atoms with E-state index < -0.39 is 23.8 Å². The van der Waals surface area contributed by atoms with Gasteiger partial charge in [0.15, 0.2) is 0 Å². The van der Waals surface area contributed by atoms with E-state index in [1.807, 2.05) is 52.0 Å². The van der Waals surface area contributed by atoms with Crippen molar-refractivity contribution in [3.05, 3.63) is 51.8 Å². The average Bonchev–Trinajstić information content (AvgIpc) is 3.41. The number of hydroxylamine groups is 1. The predicted octanol–water partition coefficient (Wildman–Crippen LogP) is 3.25. The van der Waals surface area contributed by atoms with Crippen LogP contribution in [0.3, 0.4) is 0 Å². The number of carbonyl (C=O) groups excluding carboxylic acids is 1. The van der Waals surface area contributed by atoms with Gasteiger partial charge in [0, 0.05) is 29.1 Å². The highest BCUT2D eigenvalue weighted by molar-refractivity contribution is 9.10. The monoisotopic (exact) mass is 490 g/mol. The molecule has 3 heterocycles. The van der Waals surface area contributed by atoms with Crippen LogP contribution in [-0.2, 0) is 15.4 Å². The van der Waals surface area contributed by atoms with Crippen LogP contribution in [0.25, 0.3) is 0 Å². The second-order valence-corrected chi connectivity index (χ2v) is 9.59. The van der Waals surface area contributed by atoms with Crippen LogP contribution >= 0.6 is 15.9 Å². The minimum atomic E-state index is -0.919. The Hall–Kier alpha value is -2.23. The number of amides is 1. The summed E-state index contributed by atoms with van der Waals surface area (Å²) in [4.78, 5) is 25.9. The molecule has 1 aromatic carbocycles. The molecule has 2 aromatic rings.